The van der Waals surface area contributed by atoms with E-state index in [0.717, 1.165) is 6.54 Å². The number of hydrogen-bond donors (Lipinski definition) is 2. The van der Waals surface area contributed by atoms with Gasteiger partial charge >= 0.3 is 0 Å². The number of hydrogen-bond acceptors (Lipinski definition) is 2. The van der Waals surface area contributed by atoms with Crippen molar-refractivity contribution in [3.63, 3.8) is 0 Å². The Morgan fingerprint density at radius 2 is 2.00 bits per heavy atom. The summed E-state index contributed by atoms with van der Waals surface area (Å²) in [5.41, 5.74) is 6.23. The molecule has 74 valence electrons. The SMILES string of the molecule is CC(C)C(C)(N)C1CCCCN1.[Zn]. The first-order valence-corrected chi connectivity index (χ1v) is 5.07. The molecule has 2 atom stereocenters. The van der Waals surface area contributed by atoms with Crippen LogP contribution in [0.5, 0.6) is 0 Å². The largest absolute Gasteiger partial charge is 0.324 e. The van der Waals surface area contributed by atoms with Gasteiger partial charge in [-0.05, 0) is 32.2 Å². The smallest absolute Gasteiger partial charge is 0.0304 e. The van der Waals surface area contributed by atoms with E-state index in [2.05, 4.69) is 26.1 Å². The molecule has 0 radical (unpaired) electrons. The second kappa shape index (κ2) is 5.43. The van der Waals surface area contributed by atoms with Crippen molar-refractivity contribution in [1.82, 2.24) is 5.32 Å². The van der Waals surface area contributed by atoms with Crippen molar-refractivity contribution in [2.75, 3.05) is 6.54 Å². The van der Waals surface area contributed by atoms with Crippen molar-refractivity contribution in [3.05, 3.63) is 0 Å². The van der Waals surface area contributed by atoms with E-state index in [1.807, 2.05) is 0 Å². The molecular formula is C10H22N2Zn. The van der Waals surface area contributed by atoms with Gasteiger partial charge in [-0.25, -0.2) is 0 Å². The summed E-state index contributed by atoms with van der Waals surface area (Å²) >= 11 is 0. The molecule has 0 aromatic rings. The topological polar surface area (TPSA) is 38.0 Å². The van der Waals surface area contributed by atoms with Crippen LogP contribution in [0.15, 0.2) is 0 Å². The van der Waals surface area contributed by atoms with Gasteiger partial charge in [0.2, 0.25) is 0 Å². The number of nitrogens with one attached hydrogen (secondary N) is 1. The minimum absolute atomic E-state index is 0. The first kappa shape index (κ1) is 13.5. The molecule has 0 aromatic heterocycles. The summed E-state index contributed by atoms with van der Waals surface area (Å²) < 4.78 is 0. The maximum Gasteiger partial charge on any atom is 0.0304 e. The Kier molecular flexibility index (Phi) is 5.66. The normalized spacial score (nSPS) is 27.9. The summed E-state index contributed by atoms with van der Waals surface area (Å²) in [7, 11) is 0. The molecule has 13 heavy (non-hydrogen) atoms. The van der Waals surface area contributed by atoms with Crippen LogP contribution in [-0.4, -0.2) is 18.1 Å². The van der Waals surface area contributed by atoms with Gasteiger partial charge in [-0.1, -0.05) is 20.3 Å². The zero-order chi connectivity index (χ0) is 9.19. The average Bonchev–Trinajstić information content (AvgIpc) is 2.06. The molecule has 0 bridgehead atoms. The van der Waals surface area contributed by atoms with Crippen LogP contribution >= 0.6 is 0 Å². The van der Waals surface area contributed by atoms with Gasteiger partial charge in [0, 0.05) is 31.1 Å². The van der Waals surface area contributed by atoms with Crippen molar-refractivity contribution in [2.45, 2.75) is 51.6 Å². The summed E-state index contributed by atoms with van der Waals surface area (Å²) in [4.78, 5) is 0. The van der Waals surface area contributed by atoms with Crippen LogP contribution in [0.4, 0.5) is 0 Å². The van der Waals surface area contributed by atoms with Crippen LogP contribution in [0.2, 0.25) is 0 Å². The van der Waals surface area contributed by atoms with Gasteiger partial charge in [-0.3, -0.25) is 0 Å². The zero-order valence-electron chi connectivity index (χ0n) is 9.27. The number of rotatable bonds is 2. The van der Waals surface area contributed by atoms with Crippen LogP contribution in [0.3, 0.4) is 0 Å². The minimum atomic E-state index is -0.0412. The second-order valence-corrected chi connectivity index (χ2v) is 4.52. The third-order valence-electron chi connectivity index (χ3n) is 3.31. The van der Waals surface area contributed by atoms with Gasteiger partial charge in [-0.2, -0.15) is 0 Å². The van der Waals surface area contributed by atoms with Crippen molar-refractivity contribution in [2.24, 2.45) is 11.7 Å². The van der Waals surface area contributed by atoms with Gasteiger partial charge in [-0.15, -0.1) is 0 Å². The minimum Gasteiger partial charge on any atom is -0.324 e. The molecule has 0 aliphatic carbocycles. The van der Waals surface area contributed by atoms with Crippen molar-refractivity contribution in [1.29, 1.82) is 0 Å². The predicted molar refractivity (Wildman–Crippen MR) is 53.1 cm³/mol. The first-order valence-electron chi connectivity index (χ1n) is 5.07. The average molecular weight is 236 g/mol. The summed E-state index contributed by atoms with van der Waals surface area (Å²) in [5, 5.41) is 3.52. The Morgan fingerprint density at radius 3 is 2.38 bits per heavy atom. The molecule has 1 rings (SSSR count). The molecular weight excluding hydrogens is 214 g/mol. The van der Waals surface area contributed by atoms with Crippen molar-refractivity contribution >= 4 is 0 Å². The molecule has 0 saturated carbocycles. The maximum absolute atomic E-state index is 6.27. The first-order chi connectivity index (χ1) is 5.55. The fourth-order valence-electron chi connectivity index (χ4n) is 1.79. The van der Waals surface area contributed by atoms with E-state index in [1.54, 1.807) is 0 Å². The molecule has 3 N–H and O–H groups in total. The Hall–Kier alpha value is 0.543. The molecule has 2 nitrogen and oxygen atoms in total. The predicted octanol–water partition coefficient (Wildman–Crippen LogP) is 1.50. The number of piperidine rings is 1. The molecule has 1 aliphatic heterocycles. The zero-order valence-corrected chi connectivity index (χ0v) is 12.2. The fourth-order valence-corrected chi connectivity index (χ4v) is 1.79. The van der Waals surface area contributed by atoms with E-state index < -0.39 is 0 Å². The summed E-state index contributed by atoms with van der Waals surface area (Å²) in [6.45, 7) is 7.72. The van der Waals surface area contributed by atoms with Crippen molar-refractivity contribution in [3.8, 4) is 0 Å². The van der Waals surface area contributed by atoms with E-state index in [1.165, 1.54) is 19.3 Å². The Bertz CT molecular complexity index is 140. The van der Waals surface area contributed by atoms with E-state index >= 15 is 0 Å². The van der Waals surface area contributed by atoms with Crippen molar-refractivity contribution < 1.29 is 19.5 Å². The molecule has 0 aromatic carbocycles. The molecule has 0 amide bonds. The monoisotopic (exact) mass is 234 g/mol. The third kappa shape index (κ3) is 3.30. The standard InChI is InChI=1S/C10H22N2.Zn/c1-8(2)10(3,11)9-6-4-5-7-12-9;/h8-9,12H,4-7,11H2,1-3H3;. The van der Waals surface area contributed by atoms with Gasteiger partial charge in [0.05, 0.1) is 0 Å². The molecule has 0 spiro atoms. The second-order valence-electron chi connectivity index (χ2n) is 4.52. The van der Waals surface area contributed by atoms with Crippen LogP contribution in [-0.2, 0) is 19.5 Å². The summed E-state index contributed by atoms with van der Waals surface area (Å²) in [6.07, 6.45) is 3.88. The summed E-state index contributed by atoms with van der Waals surface area (Å²) in [6, 6.07) is 0.520. The molecule has 3 heteroatoms. The molecule has 2 unspecified atom stereocenters. The third-order valence-corrected chi connectivity index (χ3v) is 3.31. The fraction of sp³-hybridized carbons (Fsp3) is 1.00. The van der Waals surface area contributed by atoms with Crippen LogP contribution < -0.4 is 11.1 Å². The molecule has 1 saturated heterocycles. The van der Waals surface area contributed by atoms with Gasteiger partial charge in [0.1, 0.15) is 0 Å². The van der Waals surface area contributed by atoms with E-state index in [-0.39, 0.29) is 25.0 Å². The maximum atomic E-state index is 6.27. The van der Waals surface area contributed by atoms with Gasteiger partial charge in [0.15, 0.2) is 0 Å². The van der Waals surface area contributed by atoms with E-state index in [4.69, 9.17) is 5.73 Å². The summed E-state index contributed by atoms with van der Waals surface area (Å²) in [5.74, 6) is 0.549. The van der Waals surface area contributed by atoms with E-state index in [0.29, 0.717) is 12.0 Å². The quantitative estimate of drug-likeness (QED) is 0.712. The number of nitrogens with two attached hydrogens (primary N) is 1. The van der Waals surface area contributed by atoms with Crippen LogP contribution in [0.1, 0.15) is 40.0 Å². The molecule has 1 heterocycles. The molecule has 1 aliphatic rings. The Balaban J connectivity index is 0.00000144. The van der Waals surface area contributed by atoms with E-state index in [9.17, 15) is 0 Å². The van der Waals surface area contributed by atoms with Gasteiger partial charge < -0.3 is 11.1 Å². The Labute approximate surface area is 94.8 Å². The Morgan fingerprint density at radius 1 is 1.38 bits per heavy atom. The van der Waals surface area contributed by atoms with Crippen LogP contribution in [0.25, 0.3) is 0 Å². The van der Waals surface area contributed by atoms with Crippen LogP contribution in [0, 0.1) is 5.92 Å². The molecule has 1 fully saturated rings. The van der Waals surface area contributed by atoms with Gasteiger partial charge in [0.25, 0.3) is 0 Å².